The molecule has 2 heterocycles. The van der Waals surface area contributed by atoms with Crippen molar-refractivity contribution in [3.8, 4) is 5.75 Å². The molecule has 1 aliphatic carbocycles. The third kappa shape index (κ3) is 5.35. The second-order valence-corrected chi connectivity index (χ2v) is 9.74. The van der Waals surface area contributed by atoms with Gasteiger partial charge >= 0.3 is 0 Å². The summed E-state index contributed by atoms with van der Waals surface area (Å²) in [5.74, 6) is 1.40. The molecule has 0 unspecified atom stereocenters. The summed E-state index contributed by atoms with van der Waals surface area (Å²) in [7, 11) is 3.94. The number of imidazole rings is 1. The molecule has 2 aromatic carbocycles. The third-order valence-electron chi connectivity index (χ3n) is 7.30. The molecule has 0 aliphatic heterocycles. The van der Waals surface area contributed by atoms with Crippen molar-refractivity contribution in [2.24, 2.45) is 7.05 Å². The van der Waals surface area contributed by atoms with Crippen LogP contribution in [0, 0.1) is 6.92 Å². The van der Waals surface area contributed by atoms with E-state index >= 15 is 0 Å². The molecule has 1 amide bonds. The number of aryl methyl sites for hydroxylation is 2. The summed E-state index contributed by atoms with van der Waals surface area (Å²) >= 11 is 0. The van der Waals surface area contributed by atoms with Gasteiger partial charge in [-0.1, -0.05) is 24.3 Å². The number of nitrogens with zero attached hydrogens (tertiary/aromatic N) is 4. The minimum absolute atomic E-state index is 0.189. The monoisotopic (exact) mass is 499 g/mol. The number of pyridine rings is 1. The zero-order valence-corrected chi connectivity index (χ0v) is 21.4. The Morgan fingerprint density at radius 1 is 1.16 bits per heavy atom. The van der Waals surface area contributed by atoms with Crippen LogP contribution >= 0.6 is 0 Å². The Labute approximate surface area is 216 Å². The number of hydrogen-bond acceptors (Lipinski definition) is 6. The van der Waals surface area contributed by atoms with Gasteiger partial charge < -0.3 is 19.7 Å². The van der Waals surface area contributed by atoms with Crippen LogP contribution in [0.2, 0.25) is 0 Å². The molecule has 0 bridgehead atoms. The number of hydrogen-bond donors (Lipinski definition) is 2. The molecule has 0 spiro atoms. The molecule has 2 aromatic heterocycles. The van der Waals surface area contributed by atoms with Gasteiger partial charge in [0.05, 0.1) is 23.1 Å². The topological polar surface area (TPSA) is 92.5 Å². The fraction of sp³-hybridized carbons (Fsp3) is 0.345. The molecule has 1 fully saturated rings. The van der Waals surface area contributed by atoms with Gasteiger partial charge in [0.25, 0.3) is 5.91 Å². The van der Waals surface area contributed by atoms with Crippen LogP contribution in [0.3, 0.4) is 0 Å². The fourth-order valence-electron chi connectivity index (χ4n) is 5.19. The van der Waals surface area contributed by atoms with Crippen molar-refractivity contribution in [1.29, 1.82) is 0 Å². The number of likely N-dealkylation sites (N-methyl/N-ethyl adjacent to an activating group) is 1. The number of aliphatic hydroxyl groups is 1. The van der Waals surface area contributed by atoms with Gasteiger partial charge in [-0.25, -0.2) is 4.98 Å². The largest absolute Gasteiger partial charge is 0.488 e. The maximum absolute atomic E-state index is 13.4. The van der Waals surface area contributed by atoms with Gasteiger partial charge in [-0.2, -0.15) is 0 Å². The molecule has 192 valence electrons. The Morgan fingerprint density at radius 3 is 2.70 bits per heavy atom. The van der Waals surface area contributed by atoms with Crippen molar-refractivity contribution in [1.82, 2.24) is 24.8 Å². The highest BCUT2D eigenvalue weighted by atomic mass is 16.5. The van der Waals surface area contributed by atoms with Crippen LogP contribution in [0.5, 0.6) is 5.75 Å². The van der Waals surface area contributed by atoms with Crippen molar-refractivity contribution in [3.05, 3.63) is 90.0 Å². The van der Waals surface area contributed by atoms with E-state index in [1.165, 1.54) is 0 Å². The lowest BCUT2D eigenvalue weighted by Crippen LogP contribution is -2.52. The maximum Gasteiger partial charge on any atom is 0.251 e. The van der Waals surface area contributed by atoms with Crippen LogP contribution in [0.25, 0.3) is 11.0 Å². The van der Waals surface area contributed by atoms with Gasteiger partial charge in [-0.05, 0) is 56.4 Å². The summed E-state index contributed by atoms with van der Waals surface area (Å²) in [5, 5.41) is 14.5. The fourth-order valence-corrected chi connectivity index (χ4v) is 5.19. The summed E-state index contributed by atoms with van der Waals surface area (Å²) in [5.41, 5.74) is 3.29. The Kier molecular flexibility index (Phi) is 7.21. The first-order chi connectivity index (χ1) is 17.9. The highest BCUT2D eigenvalue weighted by Crippen LogP contribution is 2.29. The standard InChI is InChI=1S/C29H33N5O3/c1-19-31-23-17-20(12-13-25(23)34(19)3)29(36)32-24-18-26(37-22-10-5-4-6-11-22)28(35)27(24)33(2)16-14-21-9-7-8-15-30-21/h4-13,15,17,24,26-28,35H,14,16,18H2,1-3H3,(H,32,36)/t24-,26-,27+,28+/m1/s1. The number of aliphatic hydroxyl groups excluding tert-OH is 1. The molecule has 1 aliphatic rings. The van der Waals surface area contributed by atoms with E-state index in [2.05, 4.69) is 20.2 Å². The molecule has 8 heteroatoms. The SMILES string of the molecule is Cc1nc2cc(C(=O)N[C@@H]3C[C@@H](Oc4ccccc4)[C@H](O)[C@H]3N(C)CCc3ccccn3)ccc2n1C. The average molecular weight is 500 g/mol. The van der Waals surface area contributed by atoms with E-state index in [-0.39, 0.29) is 18.0 Å². The van der Waals surface area contributed by atoms with Crippen molar-refractivity contribution in [3.63, 3.8) is 0 Å². The molecular formula is C29H33N5O3. The quantitative estimate of drug-likeness (QED) is 0.387. The number of ether oxygens (including phenoxy) is 1. The number of amides is 1. The predicted octanol–water partition coefficient (Wildman–Crippen LogP) is 3.13. The van der Waals surface area contributed by atoms with Crippen LogP contribution < -0.4 is 10.1 Å². The summed E-state index contributed by atoms with van der Waals surface area (Å²) in [6.45, 7) is 2.63. The van der Waals surface area contributed by atoms with Crippen LogP contribution in [-0.4, -0.2) is 68.3 Å². The predicted molar refractivity (Wildman–Crippen MR) is 143 cm³/mol. The van der Waals surface area contributed by atoms with Crippen LogP contribution in [0.4, 0.5) is 0 Å². The number of nitrogens with one attached hydrogen (secondary N) is 1. The number of rotatable bonds is 8. The molecule has 4 aromatic rings. The normalized spacial score (nSPS) is 21.4. The number of carbonyl (C=O) groups excluding carboxylic acids is 1. The van der Waals surface area contributed by atoms with Crippen molar-refractivity contribution < 1.29 is 14.6 Å². The summed E-state index contributed by atoms with van der Waals surface area (Å²) < 4.78 is 8.17. The van der Waals surface area contributed by atoms with E-state index in [1.807, 2.05) is 92.3 Å². The zero-order valence-electron chi connectivity index (χ0n) is 21.4. The lowest BCUT2D eigenvalue weighted by molar-refractivity contribution is 0.0148. The second-order valence-electron chi connectivity index (χ2n) is 9.74. The number of benzene rings is 2. The van der Waals surface area contributed by atoms with Crippen molar-refractivity contribution in [2.45, 2.75) is 44.1 Å². The number of aromatic nitrogens is 3. The first-order valence-electron chi connectivity index (χ1n) is 12.6. The molecule has 2 N–H and O–H groups in total. The van der Waals surface area contributed by atoms with E-state index in [4.69, 9.17) is 4.74 Å². The van der Waals surface area contributed by atoms with E-state index in [0.29, 0.717) is 24.3 Å². The van der Waals surface area contributed by atoms with Crippen molar-refractivity contribution in [2.75, 3.05) is 13.6 Å². The van der Waals surface area contributed by atoms with Gasteiger partial charge in [0.1, 0.15) is 23.8 Å². The Hall–Kier alpha value is -3.75. The highest BCUT2D eigenvalue weighted by Gasteiger charge is 2.46. The number of fused-ring (bicyclic) bond motifs is 1. The Bertz CT molecular complexity index is 1360. The molecule has 8 nitrogen and oxygen atoms in total. The van der Waals surface area contributed by atoms with E-state index < -0.39 is 12.2 Å². The molecule has 0 saturated heterocycles. The van der Waals surface area contributed by atoms with Gasteiger partial charge in [-0.15, -0.1) is 0 Å². The molecule has 5 rings (SSSR count). The molecule has 4 atom stereocenters. The van der Waals surface area contributed by atoms with Gasteiger partial charge in [-0.3, -0.25) is 14.7 Å². The molecular weight excluding hydrogens is 466 g/mol. The second kappa shape index (κ2) is 10.7. The minimum Gasteiger partial charge on any atom is -0.488 e. The third-order valence-corrected chi connectivity index (χ3v) is 7.30. The van der Waals surface area contributed by atoms with Gasteiger partial charge in [0, 0.05) is 43.9 Å². The maximum atomic E-state index is 13.4. The average Bonchev–Trinajstić information content (AvgIpc) is 3.37. The molecule has 0 radical (unpaired) electrons. The smallest absolute Gasteiger partial charge is 0.251 e. The first-order valence-corrected chi connectivity index (χ1v) is 12.6. The lowest BCUT2D eigenvalue weighted by Gasteiger charge is -2.32. The van der Waals surface area contributed by atoms with E-state index in [0.717, 1.165) is 29.0 Å². The minimum atomic E-state index is -0.778. The van der Waals surface area contributed by atoms with E-state index in [9.17, 15) is 9.90 Å². The molecule has 1 saturated carbocycles. The number of carbonyl (C=O) groups is 1. The van der Waals surface area contributed by atoms with Gasteiger partial charge in [0.15, 0.2) is 0 Å². The van der Waals surface area contributed by atoms with Gasteiger partial charge in [0.2, 0.25) is 0 Å². The lowest BCUT2D eigenvalue weighted by atomic mass is 10.1. The van der Waals surface area contributed by atoms with Crippen molar-refractivity contribution >= 4 is 16.9 Å². The Balaban J connectivity index is 1.35. The Morgan fingerprint density at radius 2 is 1.95 bits per heavy atom. The zero-order chi connectivity index (χ0) is 25.9. The summed E-state index contributed by atoms with van der Waals surface area (Å²) in [6, 6.07) is 20.3. The first kappa shape index (κ1) is 24.9. The molecule has 37 heavy (non-hydrogen) atoms. The van der Waals surface area contributed by atoms with Crippen LogP contribution in [-0.2, 0) is 13.5 Å². The highest BCUT2D eigenvalue weighted by molar-refractivity contribution is 5.97. The number of para-hydroxylation sites is 1. The van der Waals surface area contributed by atoms with Crippen LogP contribution in [0.15, 0.2) is 72.9 Å². The summed E-state index contributed by atoms with van der Waals surface area (Å²) in [6.07, 6.45) is 1.79. The van der Waals surface area contributed by atoms with E-state index in [1.54, 1.807) is 6.20 Å². The summed E-state index contributed by atoms with van der Waals surface area (Å²) in [4.78, 5) is 24.4. The van der Waals surface area contributed by atoms with Crippen LogP contribution in [0.1, 0.15) is 28.3 Å².